The maximum Gasteiger partial charge on any atom is 0.186 e. The van der Waals surface area contributed by atoms with Gasteiger partial charge < -0.3 is 14.1 Å². The molecule has 4 aromatic rings. The molecule has 1 aliphatic rings. The molecular weight excluding hydrogens is 350 g/mol. The molecule has 5 heterocycles. The number of aryl methyl sites for hydroxylation is 1. The average molecular weight is 367 g/mol. The van der Waals surface area contributed by atoms with Crippen LogP contribution in [0.3, 0.4) is 0 Å². The lowest BCUT2D eigenvalue weighted by molar-refractivity contribution is 0.0869. The Labute approximate surface area is 153 Å². The van der Waals surface area contributed by atoms with Crippen molar-refractivity contribution in [1.82, 2.24) is 19.8 Å². The third kappa shape index (κ3) is 2.58. The smallest absolute Gasteiger partial charge is 0.186 e. The van der Waals surface area contributed by atoms with Crippen LogP contribution in [0.1, 0.15) is 17.6 Å². The van der Waals surface area contributed by atoms with E-state index in [4.69, 9.17) is 14.3 Å². The average Bonchev–Trinajstić information content (AvgIpc) is 3.41. The second kappa shape index (κ2) is 6.22. The van der Waals surface area contributed by atoms with Crippen molar-refractivity contribution in [3.05, 3.63) is 52.6 Å². The van der Waals surface area contributed by atoms with E-state index in [9.17, 15) is 0 Å². The monoisotopic (exact) mass is 367 g/mol. The maximum absolute atomic E-state index is 5.85. The normalized spacial score (nSPS) is 17.9. The summed E-state index contributed by atoms with van der Waals surface area (Å²) >= 11 is 1.63. The Morgan fingerprint density at radius 1 is 1.15 bits per heavy atom. The maximum atomic E-state index is 5.85. The van der Waals surface area contributed by atoms with Crippen molar-refractivity contribution in [2.24, 2.45) is 0 Å². The highest BCUT2D eigenvalue weighted by Gasteiger charge is 2.28. The van der Waals surface area contributed by atoms with Crippen molar-refractivity contribution in [3.8, 4) is 11.4 Å². The van der Waals surface area contributed by atoms with Crippen molar-refractivity contribution >= 4 is 22.8 Å². The summed E-state index contributed by atoms with van der Waals surface area (Å²) in [5, 5.41) is 17.4. The van der Waals surface area contributed by atoms with Gasteiger partial charge in [-0.1, -0.05) is 0 Å². The van der Waals surface area contributed by atoms with Crippen LogP contribution in [0.5, 0.6) is 0 Å². The predicted octanol–water partition coefficient (Wildman–Crippen LogP) is 3.33. The quantitative estimate of drug-likeness (QED) is 0.553. The largest absolute Gasteiger partial charge is 0.464 e. The number of fused-ring (bicyclic) bond motifs is 1. The van der Waals surface area contributed by atoms with E-state index in [0.717, 1.165) is 40.9 Å². The van der Waals surface area contributed by atoms with E-state index in [2.05, 4.69) is 15.1 Å². The van der Waals surface area contributed by atoms with Gasteiger partial charge in [-0.2, -0.15) is 15.9 Å². The first-order valence-electron chi connectivity index (χ1n) is 8.45. The number of rotatable bonds is 3. The van der Waals surface area contributed by atoms with Crippen LogP contribution in [-0.4, -0.2) is 39.6 Å². The highest BCUT2D eigenvalue weighted by molar-refractivity contribution is 7.08. The van der Waals surface area contributed by atoms with E-state index in [1.807, 2.05) is 48.0 Å². The number of ether oxygens (including phenoxy) is 1. The lowest BCUT2D eigenvalue weighted by Crippen LogP contribution is -2.40. The Bertz CT molecular complexity index is 1040. The lowest BCUT2D eigenvalue weighted by atomic mass is 10.1. The number of nitrogens with zero attached hydrogens (tertiary/aromatic N) is 5. The van der Waals surface area contributed by atoms with E-state index in [0.29, 0.717) is 13.2 Å². The number of anilines is 1. The molecular formula is C18H17N5O2S. The number of thiophene rings is 1. The second-order valence-corrected chi connectivity index (χ2v) is 7.01. The number of hydrogen-bond donors (Lipinski definition) is 0. The molecule has 7 nitrogen and oxygen atoms in total. The third-order valence-electron chi connectivity index (χ3n) is 4.54. The zero-order valence-corrected chi connectivity index (χ0v) is 15.0. The zero-order valence-electron chi connectivity index (χ0n) is 14.2. The summed E-state index contributed by atoms with van der Waals surface area (Å²) in [6, 6.07) is 9.95. The standard InChI is InChI=1S/C18H17N5O2S/c1-12-2-3-15(25-12)14-10-24-8-7-22(14)17-5-4-16-19-20-18(23(16)21-17)13-6-9-26-11-13/h2-6,9,11,14H,7-8,10H2,1H3. The van der Waals surface area contributed by atoms with Gasteiger partial charge in [-0.05, 0) is 42.6 Å². The minimum Gasteiger partial charge on any atom is -0.464 e. The number of aromatic nitrogens is 4. The summed E-state index contributed by atoms with van der Waals surface area (Å²) in [5.41, 5.74) is 1.75. The molecule has 5 rings (SSSR count). The molecule has 132 valence electrons. The molecule has 0 radical (unpaired) electrons. The Balaban J connectivity index is 1.57. The van der Waals surface area contributed by atoms with Crippen LogP contribution in [0.4, 0.5) is 5.82 Å². The number of morpholine rings is 1. The molecule has 1 aliphatic heterocycles. The molecule has 1 fully saturated rings. The van der Waals surface area contributed by atoms with Crippen LogP contribution in [-0.2, 0) is 4.74 Å². The topological polar surface area (TPSA) is 68.7 Å². The molecule has 0 saturated carbocycles. The molecule has 0 amide bonds. The molecule has 1 atom stereocenters. The van der Waals surface area contributed by atoms with Crippen LogP contribution in [0.2, 0.25) is 0 Å². The van der Waals surface area contributed by atoms with Gasteiger partial charge >= 0.3 is 0 Å². The first-order valence-corrected chi connectivity index (χ1v) is 9.39. The Kier molecular flexibility index (Phi) is 3.72. The predicted molar refractivity (Wildman–Crippen MR) is 98.4 cm³/mol. The molecule has 0 aromatic carbocycles. The van der Waals surface area contributed by atoms with Gasteiger partial charge in [-0.25, -0.2) is 0 Å². The third-order valence-corrected chi connectivity index (χ3v) is 5.22. The molecule has 1 unspecified atom stereocenters. The van der Waals surface area contributed by atoms with Gasteiger partial charge in [0, 0.05) is 17.5 Å². The molecule has 8 heteroatoms. The van der Waals surface area contributed by atoms with Gasteiger partial charge in [0.25, 0.3) is 0 Å². The van der Waals surface area contributed by atoms with Crippen molar-refractivity contribution in [2.45, 2.75) is 13.0 Å². The highest BCUT2D eigenvalue weighted by Crippen LogP contribution is 2.30. The van der Waals surface area contributed by atoms with E-state index in [-0.39, 0.29) is 6.04 Å². The van der Waals surface area contributed by atoms with Crippen molar-refractivity contribution in [3.63, 3.8) is 0 Å². The lowest BCUT2D eigenvalue weighted by Gasteiger charge is -2.35. The summed E-state index contributed by atoms with van der Waals surface area (Å²) in [7, 11) is 0. The summed E-state index contributed by atoms with van der Waals surface area (Å²) in [5.74, 6) is 3.40. The van der Waals surface area contributed by atoms with Crippen LogP contribution >= 0.6 is 11.3 Å². The van der Waals surface area contributed by atoms with Crippen LogP contribution in [0.15, 0.2) is 45.5 Å². The fourth-order valence-corrected chi connectivity index (χ4v) is 3.88. The summed E-state index contributed by atoms with van der Waals surface area (Å²) in [6.45, 7) is 3.94. The number of furan rings is 1. The zero-order chi connectivity index (χ0) is 17.5. The van der Waals surface area contributed by atoms with Crippen molar-refractivity contribution < 1.29 is 9.15 Å². The van der Waals surface area contributed by atoms with E-state index < -0.39 is 0 Å². The summed E-state index contributed by atoms with van der Waals surface area (Å²) < 4.78 is 13.3. The molecule has 4 aromatic heterocycles. The van der Waals surface area contributed by atoms with E-state index >= 15 is 0 Å². The first kappa shape index (κ1) is 15.5. The Hall–Kier alpha value is -2.71. The molecule has 0 N–H and O–H groups in total. The molecule has 0 bridgehead atoms. The second-order valence-electron chi connectivity index (χ2n) is 6.23. The molecule has 0 aliphatic carbocycles. The van der Waals surface area contributed by atoms with Crippen LogP contribution in [0.25, 0.3) is 17.0 Å². The minimum absolute atomic E-state index is 0.00322. The first-order chi connectivity index (χ1) is 12.8. The molecule has 1 saturated heterocycles. The molecule has 26 heavy (non-hydrogen) atoms. The minimum atomic E-state index is 0.00322. The van der Waals surface area contributed by atoms with Crippen LogP contribution < -0.4 is 4.90 Å². The van der Waals surface area contributed by atoms with Crippen LogP contribution in [0, 0.1) is 6.92 Å². The SMILES string of the molecule is Cc1ccc(C2COCCN2c2ccc3nnc(-c4ccsc4)n3n2)o1. The highest BCUT2D eigenvalue weighted by atomic mass is 32.1. The van der Waals surface area contributed by atoms with E-state index in [1.54, 1.807) is 15.9 Å². The molecule has 0 spiro atoms. The number of hydrogen-bond acceptors (Lipinski definition) is 7. The van der Waals surface area contributed by atoms with E-state index in [1.165, 1.54) is 0 Å². The summed E-state index contributed by atoms with van der Waals surface area (Å²) in [4.78, 5) is 2.22. The van der Waals surface area contributed by atoms with Gasteiger partial charge in [-0.3, -0.25) is 0 Å². The van der Waals surface area contributed by atoms with Gasteiger partial charge in [0.1, 0.15) is 17.6 Å². The van der Waals surface area contributed by atoms with Crippen molar-refractivity contribution in [2.75, 3.05) is 24.7 Å². The van der Waals surface area contributed by atoms with Gasteiger partial charge in [-0.15, -0.1) is 15.3 Å². The van der Waals surface area contributed by atoms with Gasteiger partial charge in [0.15, 0.2) is 17.3 Å². The van der Waals surface area contributed by atoms with Gasteiger partial charge in [0.05, 0.1) is 13.2 Å². The fourth-order valence-electron chi connectivity index (χ4n) is 3.25. The summed E-state index contributed by atoms with van der Waals surface area (Å²) in [6.07, 6.45) is 0. The van der Waals surface area contributed by atoms with Gasteiger partial charge in [0.2, 0.25) is 0 Å². The Morgan fingerprint density at radius 2 is 2.12 bits per heavy atom. The van der Waals surface area contributed by atoms with Crippen molar-refractivity contribution in [1.29, 1.82) is 0 Å². The Morgan fingerprint density at radius 3 is 2.92 bits per heavy atom. The fraction of sp³-hybridized carbons (Fsp3) is 0.278.